The molecule has 28 heavy (non-hydrogen) atoms. The third kappa shape index (κ3) is 3.95. The first kappa shape index (κ1) is 18.7. The van der Waals surface area contributed by atoms with Gasteiger partial charge in [-0.1, -0.05) is 0 Å². The van der Waals surface area contributed by atoms with Crippen LogP contribution in [-0.2, 0) is 11.8 Å². The van der Waals surface area contributed by atoms with Crippen LogP contribution in [0.3, 0.4) is 0 Å². The van der Waals surface area contributed by atoms with Crippen molar-refractivity contribution in [3.05, 3.63) is 53.7 Å². The van der Waals surface area contributed by atoms with Crippen molar-refractivity contribution in [1.82, 2.24) is 9.55 Å². The molecule has 2 N–H and O–H groups in total. The van der Waals surface area contributed by atoms with Crippen LogP contribution in [0.1, 0.15) is 24.6 Å². The number of aryl methyl sites for hydroxylation is 1. The number of benzene rings is 1. The molecule has 1 fully saturated rings. The first-order chi connectivity index (χ1) is 13.6. The van der Waals surface area contributed by atoms with Gasteiger partial charge >= 0.3 is 0 Å². The van der Waals surface area contributed by atoms with Crippen LogP contribution in [-0.4, -0.2) is 35.7 Å². The second-order valence-electron chi connectivity index (χ2n) is 7.14. The Morgan fingerprint density at radius 3 is 2.89 bits per heavy atom. The standard InChI is InChI=1S/C21H24N4O2S/c1-24-11-3-5-18(24)19-6-4-12-25(19)13-20(26)23-21-22-17(14-28-21)15-7-9-16(27-2)10-8-15/h3,5,7-11,14,19H,4,6,12-13H2,1-2H3,(H,22,23,26)/p+1/t19-/m1/s1. The van der Waals surface area contributed by atoms with Gasteiger partial charge in [0.2, 0.25) is 0 Å². The van der Waals surface area contributed by atoms with Crippen LogP contribution < -0.4 is 15.0 Å². The Morgan fingerprint density at radius 1 is 1.36 bits per heavy atom. The number of quaternary nitrogens is 1. The number of nitrogens with zero attached hydrogens (tertiary/aromatic N) is 2. The Bertz CT molecular complexity index is 947. The summed E-state index contributed by atoms with van der Waals surface area (Å²) in [6, 6.07) is 12.4. The van der Waals surface area contributed by atoms with Crippen molar-refractivity contribution >= 4 is 22.4 Å². The number of nitrogens with one attached hydrogen (secondary N) is 2. The number of anilines is 1. The molecular weight excluding hydrogens is 372 g/mol. The van der Waals surface area contributed by atoms with E-state index in [1.54, 1.807) is 7.11 Å². The van der Waals surface area contributed by atoms with Crippen molar-refractivity contribution < 1.29 is 14.4 Å². The summed E-state index contributed by atoms with van der Waals surface area (Å²) in [5.41, 5.74) is 3.17. The molecular formula is C21H25N4O2S+. The first-order valence-corrected chi connectivity index (χ1v) is 10.4. The summed E-state index contributed by atoms with van der Waals surface area (Å²) >= 11 is 1.45. The van der Waals surface area contributed by atoms with E-state index in [1.165, 1.54) is 21.9 Å². The van der Waals surface area contributed by atoms with Gasteiger partial charge in [-0.15, -0.1) is 11.3 Å². The number of amides is 1. The molecule has 1 aliphatic heterocycles. The highest BCUT2D eigenvalue weighted by Crippen LogP contribution is 2.26. The highest BCUT2D eigenvalue weighted by atomic mass is 32.1. The lowest BCUT2D eigenvalue weighted by molar-refractivity contribution is -0.910. The zero-order valence-corrected chi connectivity index (χ0v) is 17.0. The minimum absolute atomic E-state index is 0.0201. The maximum absolute atomic E-state index is 12.6. The molecule has 3 aromatic rings. The fourth-order valence-electron chi connectivity index (χ4n) is 3.91. The number of aromatic nitrogens is 2. The Morgan fingerprint density at radius 2 is 2.18 bits per heavy atom. The average Bonchev–Trinajstić information content (AvgIpc) is 3.43. The number of carbonyl (C=O) groups is 1. The van der Waals surface area contributed by atoms with Crippen molar-refractivity contribution in [1.29, 1.82) is 0 Å². The van der Waals surface area contributed by atoms with Crippen LogP contribution in [0.2, 0.25) is 0 Å². The maximum Gasteiger partial charge on any atom is 0.281 e. The fraction of sp³-hybridized carbons (Fsp3) is 0.333. The summed E-state index contributed by atoms with van der Waals surface area (Å²) in [6.07, 6.45) is 4.35. The van der Waals surface area contributed by atoms with Gasteiger partial charge in [0.25, 0.3) is 5.91 Å². The van der Waals surface area contributed by atoms with Crippen LogP contribution in [0.15, 0.2) is 48.0 Å². The van der Waals surface area contributed by atoms with Gasteiger partial charge in [0, 0.05) is 37.0 Å². The molecule has 146 valence electrons. The molecule has 0 radical (unpaired) electrons. The monoisotopic (exact) mass is 397 g/mol. The Kier molecular flexibility index (Phi) is 5.45. The van der Waals surface area contributed by atoms with Crippen molar-refractivity contribution in [3.63, 3.8) is 0 Å². The normalized spacial score (nSPS) is 18.9. The van der Waals surface area contributed by atoms with Gasteiger partial charge in [0.1, 0.15) is 11.8 Å². The molecule has 4 rings (SSSR count). The summed E-state index contributed by atoms with van der Waals surface area (Å²) in [5.74, 6) is 0.834. The summed E-state index contributed by atoms with van der Waals surface area (Å²) in [7, 11) is 3.72. The predicted octanol–water partition coefficient (Wildman–Crippen LogP) is 2.52. The number of hydrogen-bond donors (Lipinski definition) is 2. The number of methoxy groups -OCH3 is 1. The highest BCUT2D eigenvalue weighted by Gasteiger charge is 2.33. The number of likely N-dealkylation sites (tertiary alicyclic amines) is 1. The lowest BCUT2D eigenvalue weighted by Crippen LogP contribution is -3.11. The topological polar surface area (TPSA) is 60.6 Å². The molecule has 3 heterocycles. The van der Waals surface area contributed by atoms with Gasteiger partial charge in [0.15, 0.2) is 11.7 Å². The van der Waals surface area contributed by atoms with Gasteiger partial charge in [-0.3, -0.25) is 10.1 Å². The molecule has 0 spiro atoms. The van der Waals surface area contributed by atoms with Gasteiger partial charge in [0.05, 0.1) is 25.0 Å². The highest BCUT2D eigenvalue weighted by molar-refractivity contribution is 7.14. The summed E-state index contributed by atoms with van der Waals surface area (Å²) in [5, 5.41) is 5.59. The molecule has 1 aliphatic rings. The molecule has 0 bridgehead atoms. The Hall–Kier alpha value is -2.64. The molecule has 2 aromatic heterocycles. The zero-order valence-electron chi connectivity index (χ0n) is 16.1. The number of ether oxygens (including phenoxy) is 1. The van der Waals surface area contributed by atoms with Crippen LogP contribution in [0.25, 0.3) is 11.3 Å². The van der Waals surface area contributed by atoms with E-state index in [0.29, 0.717) is 17.7 Å². The van der Waals surface area contributed by atoms with Gasteiger partial charge in [-0.05, 0) is 36.4 Å². The third-order valence-corrected chi connectivity index (χ3v) is 6.11. The van der Waals surface area contributed by atoms with E-state index in [2.05, 4.69) is 40.2 Å². The van der Waals surface area contributed by atoms with E-state index in [1.807, 2.05) is 29.6 Å². The van der Waals surface area contributed by atoms with E-state index < -0.39 is 0 Å². The second-order valence-corrected chi connectivity index (χ2v) is 8.00. The predicted molar refractivity (Wildman–Crippen MR) is 111 cm³/mol. The minimum Gasteiger partial charge on any atom is -0.497 e. The molecule has 7 heteroatoms. The number of carbonyl (C=O) groups excluding carboxylic acids is 1. The molecule has 0 aliphatic carbocycles. The van der Waals surface area contributed by atoms with Gasteiger partial charge in [-0.2, -0.15) is 0 Å². The van der Waals surface area contributed by atoms with E-state index in [4.69, 9.17) is 4.74 Å². The van der Waals surface area contributed by atoms with E-state index >= 15 is 0 Å². The van der Waals surface area contributed by atoms with Crippen molar-refractivity contribution in [2.45, 2.75) is 18.9 Å². The summed E-state index contributed by atoms with van der Waals surface area (Å²) in [6.45, 7) is 1.49. The van der Waals surface area contributed by atoms with Crippen LogP contribution in [0.4, 0.5) is 5.13 Å². The minimum atomic E-state index is 0.0201. The van der Waals surface area contributed by atoms with Crippen LogP contribution in [0.5, 0.6) is 5.75 Å². The number of thiazole rings is 1. The third-order valence-electron chi connectivity index (χ3n) is 5.35. The molecule has 6 nitrogen and oxygen atoms in total. The van der Waals surface area contributed by atoms with Crippen LogP contribution >= 0.6 is 11.3 Å². The second kappa shape index (κ2) is 8.16. The summed E-state index contributed by atoms with van der Waals surface area (Å²) in [4.78, 5) is 18.5. The van der Waals surface area contributed by atoms with Crippen molar-refractivity contribution in [3.8, 4) is 17.0 Å². The van der Waals surface area contributed by atoms with E-state index in [0.717, 1.165) is 36.4 Å². The maximum atomic E-state index is 12.6. The molecule has 1 saturated heterocycles. The summed E-state index contributed by atoms with van der Waals surface area (Å²) < 4.78 is 7.35. The van der Waals surface area contributed by atoms with E-state index in [9.17, 15) is 4.79 Å². The Balaban J connectivity index is 1.39. The Labute approximate surface area is 168 Å². The zero-order chi connectivity index (χ0) is 19.5. The number of hydrogen-bond acceptors (Lipinski definition) is 4. The van der Waals surface area contributed by atoms with Gasteiger partial charge in [-0.25, -0.2) is 4.98 Å². The van der Waals surface area contributed by atoms with Crippen molar-refractivity contribution in [2.24, 2.45) is 7.05 Å². The molecule has 1 aromatic carbocycles. The largest absolute Gasteiger partial charge is 0.497 e. The molecule has 0 saturated carbocycles. The van der Waals surface area contributed by atoms with Crippen LogP contribution in [0, 0.1) is 0 Å². The van der Waals surface area contributed by atoms with Crippen molar-refractivity contribution in [2.75, 3.05) is 25.5 Å². The first-order valence-electron chi connectivity index (χ1n) is 9.49. The van der Waals surface area contributed by atoms with E-state index in [-0.39, 0.29) is 5.91 Å². The SMILES string of the molecule is COc1ccc(-c2csc(NC(=O)C[NH+]3CCC[C@@H]3c3cccn3C)n2)cc1. The smallest absolute Gasteiger partial charge is 0.281 e. The quantitative estimate of drug-likeness (QED) is 0.672. The van der Waals surface area contributed by atoms with Gasteiger partial charge < -0.3 is 14.2 Å². The average molecular weight is 398 g/mol. The number of rotatable bonds is 6. The molecule has 1 amide bonds. The lowest BCUT2D eigenvalue weighted by atomic mass is 10.1. The lowest BCUT2D eigenvalue weighted by Gasteiger charge is -2.21. The molecule has 2 atom stereocenters. The molecule has 1 unspecified atom stereocenters. The fourth-order valence-corrected chi connectivity index (χ4v) is 4.65.